The Labute approximate surface area is 167 Å². The zero-order chi connectivity index (χ0) is 19.7. The topological polar surface area (TPSA) is 78.4 Å². The van der Waals surface area contributed by atoms with E-state index in [9.17, 15) is 9.59 Å². The summed E-state index contributed by atoms with van der Waals surface area (Å²) in [6.07, 6.45) is 9.31. The summed E-state index contributed by atoms with van der Waals surface area (Å²) >= 11 is 0. The van der Waals surface area contributed by atoms with Gasteiger partial charge in [-0.05, 0) is 68.3 Å². The number of carbonyl (C=O) groups excluding carboxylic acids is 2. The van der Waals surface area contributed by atoms with Gasteiger partial charge in [0.1, 0.15) is 6.61 Å². The third-order valence-electron chi connectivity index (χ3n) is 7.08. The van der Waals surface area contributed by atoms with Crippen molar-refractivity contribution in [3.8, 4) is 0 Å². The van der Waals surface area contributed by atoms with E-state index in [0.29, 0.717) is 5.56 Å². The van der Waals surface area contributed by atoms with Crippen molar-refractivity contribution in [3.05, 3.63) is 35.4 Å². The summed E-state index contributed by atoms with van der Waals surface area (Å²) in [5, 5.41) is 15.6. The van der Waals surface area contributed by atoms with Crippen molar-refractivity contribution < 1.29 is 14.7 Å². The van der Waals surface area contributed by atoms with Gasteiger partial charge < -0.3 is 15.7 Å². The third kappa shape index (κ3) is 3.95. The Kier molecular flexibility index (Phi) is 5.46. The highest BCUT2D eigenvalue weighted by Crippen LogP contribution is 2.55. The molecule has 152 valence electrons. The van der Waals surface area contributed by atoms with Crippen LogP contribution in [0.3, 0.4) is 0 Å². The number of aliphatic hydroxyl groups is 1. The van der Waals surface area contributed by atoms with Crippen LogP contribution in [0.2, 0.25) is 0 Å². The molecule has 0 saturated heterocycles. The Morgan fingerprint density at radius 1 is 1.07 bits per heavy atom. The second kappa shape index (κ2) is 7.86. The van der Waals surface area contributed by atoms with Gasteiger partial charge in [0.05, 0.1) is 6.04 Å². The lowest BCUT2D eigenvalue weighted by Crippen LogP contribution is -2.61. The van der Waals surface area contributed by atoms with Crippen molar-refractivity contribution in [2.45, 2.75) is 69.9 Å². The van der Waals surface area contributed by atoms with Crippen LogP contribution in [0.1, 0.15) is 80.3 Å². The van der Waals surface area contributed by atoms with Crippen LogP contribution in [0, 0.1) is 17.8 Å². The number of carbonyl (C=O) groups is 2. The van der Waals surface area contributed by atoms with Gasteiger partial charge in [0.2, 0.25) is 0 Å². The van der Waals surface area contributed by atoms with Gasteiger partial charge in [-0.25, -0.2) is 4.79 Å². The van der Waals surface area contributed by atoms with Crippen molar-refractivity contribution in [1.82, 2.24) is 10.6 Å². The lowest BCUT2D eigenvalue weighted by Gasteiger charge is -2.56. The van der Waals surface area contributed by atoms with Gasteiger partial charge >= 0.3 is 6.03 Å². The van der Waals surface area contributed by atoms with E-state index in [1.54, 1.807) is 12.1 Å². The standard InChI is InChI=1S/C23H32N2O3/c1-2-3-20(18-4-6-19(7-5-18)21(27)14-26)24-22(28)25-23-11-15-8-16(12-23)10-17(9-15)13-23/h4-7,15-17,20,26H,2-3,8-14H2,1H3,(H2,24,25,28)/t15?,16?,17?,20-,23?/m1/s1. The predicted octanol–water partition coefficient (Wildman–Crippen LogP) is 3.97. The largest absolute Gasteiger partial charge is 0.388 e. The molecule has 4 aliphatic rings. The summed E-state index contributed by atoms with van der Waals surface area (Å²) in [4.78, 5) is 24.5. The van der Waals surface area contributed by atoms with Crippen molar-refractivity contribution in [1.29, 1.82) is 0 Å². The molecule has 1 aromatic rings. The molecule has 0 spiro atoms. The molecule has 4 bridgehead atoms. The molecular formula is C23H32N2O3. The van der Waals surface area contributed by atoms with Gasteiger partial charge in [0, 0.05) is 11.1 Å². The van der Waals surface area contributed by atoms with Crippen LogP contribution in [-0.2, 0) is 0 Å². The van der Waals surface area contributed by atoms with Gasteiger partial charge in [0.15, 0.2) is 5.78 Å². The number of rotatable bonds is 7. The van der Waals surface area contributed by atoms with Gasteiger partial charge in [-0.15, -0.1) is 0 Å². The number of hydrogen-bond acceptors (Lipinski definition) is 3. The second-order valence-electron chi connectivity index (χ2n) is 9.34. The van der Waals surface area contributed by atoms with Gasteiger partial charge in [-0.1, -0.05) is 37.6 Å². The second-order valence-corrected chi connectivity index (χ2v) is 9.34. The highest BCUT2D eigenvalue weighted by Gasteiger charge is 2.51. The smallest absolute Gasteiger partial charge is 0.315 e. The number of nitrogens with one attached hydrogen (secondary N) is 2. The minimum Gasteiger partial charge on any atom is -0.388 e. The maximum Gasteiger partial charge on any atom is 0.315 e. The van der Waals surface area contributed by atoms with Gasteiger partial charge in [-0.3, -0.25) is 4.79 Å². The number of amides is 2. The van der Waals surface area contributed by atoms with Crippen molar-refractivity contribution in [2.24, 2.45) is 17.8 Å². The number of urea groups is 1. The first-order chi connectivity index (χ1) is 13.5. The Bertz CT molecular complexity index is 693. The van der Waals surface area contributed by atoms with E-state index in [2.05, 4.69) is 17.6 Å². The van der Waals surface area contributed by atoms with Crippen molar-refractivity contribution in [2.75, 3.05) is 6.61 Å². The molecule has 0 aliphatic heterocycles. The molecule has 5 nitrogen and oxygen atoms in total. The molecule has 1 aromatic carbocycles. The summed E-state index contributed by atoms with van der Waals surface area (Å²) in [5.41, 5.74) is 1.50. The molecule has 5 heteroatoms. The highest BCUT2D eigenvalue weighted by atomic mass is 16.3. The summed E-state index contributed by atoms with van der Waals surface area (Å²) in [7, 11) is 0. The molecule has 0 aromatic heterocycles. The first-order valence-electron chi connectivity index (χ1n) is 10.8. The molecule has 1 atom stereocenters. The summed E-state index contributed by atoms with van der Waals surface area (Å²) in [6, 6.07) is 7.10. The fourth-order valence-corrected chi connectivity index (χ4v) is 6.30. The average molecular weight is 385 g/mol. The van der Waals surface area contributed by atoms with Crippen LogP contribution < -0.4 is 10.6 Å². The fourth-order valence-electron chi connectivity index (χ4n) is 6.30. The SMILES string of the molecule is CCC[C@@H](NC(=O)NC12CC3CC(CC(C3)C1)C2)c1ccc(C(=O)CO)cc1. The average Bonchev–Trinajstić information content (AvgIpc) is 2.65. The molecule has 2 amide bonds. The molecule has 0 radical (unpaired) electrons. The fraction of sp³-hybridized carbons (Fsp3) is 0.652. The molecule has 4 saturated carbocycles. The Hall–Kier alpha value is -1.88. The van der Waals surface area contributed by atoms with Crippen LogP contribution in [0.5, 0.6) is 0 Å². The summed E-state index contributed by atoms with van der Waals surface area (Å²) in [5.74, 6) is 2.12. The number of aliphatic hydroxyl groups excluding tert-OH is 1. The molecule has 4 fully saturated rings. The Morgan fingerprint density at radius 3 is 2.14 bits per heavy atom. The summed E-state index contributed by atoms with van der Waals surface area (Å²) in [6.45, 7) is 1.62. The molecule has 4 aliphatic carbocycles. The highest BCUT2D eigenvalue weighted by molar-refractivity contribution is 5.96. The predicted molar refractivity (Wildman–Crippen MR) is 108 cm³/mol. The van der Waals surface area contributed by atoms with Crippen LogP contribution in [0.25, 0.3) is 0 Å². The molecule has 5 rings (SSSR count). The monoisotopic (exact) mass is 384 g/mol. The zero-order valence-electron chi connectivity index (χ0n) is 16.7. The minimum absolute atomic E-state index is 0.00694. The summed E-state index contributed by atoms with van der Waals surface area (Å²) < 4.78 is 0. The Morgan fingerprint density at radius 2 is 1.64 bits per heavy atom. The first-order valence-corrected chi connectivity index (χ1v) is 10.8. The first kappa shape index (κ1) is 19.4. The normalized spacial score (nSPS) is 31.4. The van der Waals surface area contributed by atoms with Gasteiger partial charge in [-0.2, -0.15) is 0 Å². The maximum absolute atomic E-state index is 12.9. The van der Waals surface area contributed by atoms with Crippen LogP contribution >= 0.6 is 0 Å². The van der Waals surface area contributed by atoms with E-state index in [1.807, 2.05) is 12.1 Å². The van der Waals surface area contributed by atoms with Crippen molar-refractivity contribution in [3.63, 3.8) is 0 Å². The third-order valence-corrected chi connectivity index (χ3v) is 7.08. The Balaban J connectivity index is 1.42. The molecule has 3 N–H and O–H groups in total. The maximum atomic E-state index is 12.9. The number of hydrogen-bond donors (Lipinski definition) is 3. The molecule has 28 heavy (non-hydrogen) atoms. The zero-order valence-corrected chi connectivity index (χ0v) is 16.7. The van der Waals surface area contributed by atoms with Crippen molar-refractivity contribution >= 4 is 11.8 Å². The van der Waals surface area contributed by atoms with Crippen LogP contribution in [-0.4, -0.2) is 29.1 Å². The van der Waals surface area contributed by atoms with E-state index in [-0.39, 0.29) is 23.4 Å². The van der Waals surface area contributed by atoms with E-state index in [0.717, 1.165) is 55.4 Å². The van der Waals surface area contributed by atoms with E-state index in [1.165, 1.54) is 19.3 Å². The quantitative estimate of drug-likeness (QED) is 0.623. The molecular weight excluding hydrogens is 352 g/mol. The van der Waals surface area contributed by atoms with Crippen LogP contribution in [0.4, 0.5) is 4.79 Å². The van der Waals surface area contributed by atoms with Crippen LogP contribution in [0.15, 0.2) is 24.3 Å². The molecule has 0 unspecified atom stereocenters. The van der Waals surface area contributed by atoms with E-state index >= 15 is 0 Å². The van der Waals surface area contributed by atoms with E-state index < -0.39 is 6.61 Å². The van der Waals surface area contributed by atoms with E-state index in [4.69, 9.17) is 5.11 Å². The van der Waals surface area contributed by atoms with Gasteiger partial charge in [0.25, 0.3) is 0 Å². The number of ketones is 1. The molecule has 0 heterocycles. The number of benzene rings is 1. The lowest BCUT2D eigenvalue weighted by molar-refractivity contribution is -0.0136. The number of Topliss-reactive ketones (excluding diaryl/α,β-unsaturated/α-hetero) is 1. The minimum atomic E-state index is -0.483. The lowest BCUT2D eigenvalue weighted by atomic mass is 9.53.